The number of carbonyl (C=O) groups is 1. The Morgan fingerprint density at radius 3 is 2.61 bits per heavy atom. The van der Waals surface area contributed by atoms with Crippen LogP contribution in [0.1, 0.15) is 6.92 Å². The van der Waals surface area contributed by atoms with Crippen LogP contribution in [0.3, 0.4) is 0 Å². The van der Waals surface area contributed by atoms with Gasteiger partial charge in [0.2, 0.25) is 15.9 Å². The third-order valence-corrected chi connectivity index (χ3v) is 3.70. The Morgan fingerprint density at radius 2 is 2.06 bits per heavy atom. The van der Waals surface area contributed by atoms with Crippen molar-refractivity contribution in [1.29, 1.82) is 0 Å². The molecule has 18 heavy (non-hydrogen) atoms. The Morgan fingerprint density at radius 1 is 1.39 bits per heavy atom. The van der Waals surface area contributed by atoms with Gasteiger partial charge >= 0.3 is 0 Å². The number of halogens is 2. The summed E-state index contributed by atoms with van der Waals surface area (Å²) in [5.41, 5.74) is 0. The highest BCUT2D eigenvalue weighted by atomic mass is 35.5. The van der Waals surface area contributed by atoms with Crippen molar-refractivity contribution in [3.05, 3.63) is 29.0 Å². The molecule has 5 nitrogen and oxygen atoms in total. The fourth-order valence-corrected chi connectivity index (χ4v) is 2.44. The van der Waals surface area contributed by atoms with Gasteiger partial charge in [-0.3, -0.25) is 4.79 Å². The number of nitrogens with one attached hydrogen (secondary N) is 2. The van der Waals surface area contributed by atoms with E-state index in [0.717, 1.165) is 12.1 Å². The second kappa shape index (κ2) is 6.12. The van der Waals surface area contributed by atoms with Gasteiger partial charge in [-0.05, 0) is 18.2 Å². The lowest BCUT2D eigenvalue weighted by Gasteiger charge is -2.08. The zero-order valence-corrected chi connectivity index (χ0v) is 11.1. The van der Waals surface area contributed by atoms with Gasteiger partial charge in [-0.1, -0.05) is 11.6 Å². The minimum Gasteiger partial charge on any atom is -0.355 e. The Hall–Kier alpha value is -1.18. The fraction of sp³-hybridized carbons (Fsp3) is 0.300. The summed E-state index contributed by atoms with van der Waals surface area (Å²) >= 11 is 5.53. The lowest BCUT2D eigenvalue weighted by molar-refractivity contribution is -0.118. The molecule has 0 spiro atoms. The van der Waals surface area contributed by atoms with Gasteiger partial charge in [0.25, 0.3) is 0 Å². The summed E-state index contributed by atoms with van der Waals surface area (Å²) in [5, 5.41) is 2.53. The van der Waals surface area contributed by atoms with Crippen molar-refractivity contribution in [2.24, 2.45) is 0 Å². The number of hydrogen-bond acceptors (Lipinski definition) is 3. The van der Waals surface area contributed by atoms with Crippen LogP contribution in [0, 0.1) is 5.82 Å². The summed E-state index contributed by atoms with van der Waals surface area (Å²) < 4.78 is 39.0. The number of carbonyl (C=O) groups excluding carboxylic acids is 1. The molecular formula is C10H12ClFN2O3S. The average molecular weight is 295 g/mol. The predicted octanol–water partition coefficient (Wildman–Crippen LogP) is 0.894. The highest BCUT2D eigenvalue weighted by Gasteiger charge is 2.18. The lowest BCUT2D eigenvalue weighted by Crippen LogP contribution is -2.34. The molecule has 0 fully saturated rings. The molecule has 0 atom stereocenters. The molecule has 100 valence electrons. The number of amides is 1. The molecule has 8 heteroatoms. The maximum Gasteiger partial charge on any atom is 0.243 e. The third kappa shape index (κ3) is 4.25. The molecule has 0 radical (unpaired) electrons. The minimum absolute atomic E-state index is 0.0238. The molecule has 0 saturated heterocycles. The molecule has 0 saturated carbocycles. The van der Waals surface area contributed by atoms with Crippen LogP contribution in [0.4, 0.5) is 4.39 Å². The first-order valence-corrected chi connectivity index (χ1v) is 6.88. The number of benzene rings is 1. The highest BCUT2D eigenvalue weighted by molar-refractivity contribution is 7.89. The highest BCUT2D eigenvalue weighted by Crippen LogP contribution is 2.18. The summed E-state index contributed by atoms with van der Waals surface area (Å²) in [6.45, 7) is 1.42. The van der Waals surface area contributed by atoms with Crippen LogP contribution in [0.2, 0.25) is 5.02 Å². The molecule has 0 aliphatic heterocycles. The quantitative estimate of drug-likeness (QED) is 0.792. The van der Waals surface area contributed by atoms with Crippen molar-refractivity contribution in [2.45, 2.75) is 11.8 Å². The van der Waals surface area contributed by atoms with E-state index in [1.807, 2.05) is 0 Å². The molecule has 2 N–H and O–H groups in total. The first-order valence-electron chi connectivity index (χ1n) is 5.02. The monoisotopic (exact) mass is 294 g/mol. The fourth-order valence-electron chi connectivity index (χ4n) is 1.19. The molecule has 1 amide bonds. The molecule has 0 bridgehead atoms. The summed E-state index contributed by atoms with van der Waals surface area (Å²) in [7, 11) is -3.94. The van der Waals surface area contributed by atoms with Crippen LogP contribution in [0.5, 0.6) is 0 Å². The summed E-state index contributed by atoms with van der Waals surface area (Å²) in [6, 6.07) is 3.29. The van der Waals surface area contributed by atoms with E-state index in [0.29, 0.717) is 0 Å². The topological polar surface area (TPSA) is 75.3 Å². The van der Waals surface area contributed by atoms with E-state index < -0.39 is 20.7 Å². The summed E-state index contributed by atoms with van der Waals surface area (Å²) in [6.07, 6.45) is 0. The van der Waals surface area contributed by atoms with Gasteiger partial charge in [-0.15, -0.1) is 0 Å². The molecule has 0 heterocycles. The van der Waals surface area contributed by atoms with Crippen molar-refractivity contribution in [2.75, 3.05) is 13.1 Å². The largest absolute Gasteiger partial charge is 0.355 e. The zero-order chi connectivity index (χ0) is 13.8. The normalized spacial score (nSPS) is 11.3. The van der Waals surface area contributed by atoms with Crippen molar-refractivity contribution in [1.82, 2.24) is 10.0 Å². The smallest absolute Gasteiger partial charge is 0.243 e. The minimum atomic E-state index is -3.94. The van der Waals surface area contributed by atoms with E-state index in [1.54, 1.807) is 0 Å². The van der Waals surface area contributed by atoms with E-state index >= 15 is 0 Å². The Labute approximate surface area is 109 Å². The van der Waals surface area contributed by atoms with Crippen LogP contribution in [-0.2, 0) is 14.8 Å². The van der Waals surface area contributed by atoms with E-state index in [2.05, 4.69) is 10.0 Å². The maximum atomic E-state index is 13.4. The number of sulfonamides is 1. The third-order valence-electron chi connectivity index (χ3n) is 1.97. The lowest BCUT2D eigenvalue weighted by atomic mass is 10.3. The summed E-state index contributed by atoms with van der Waals surface area (Å²) in [5.74, 6) is -1.19. The molecule has 0 unspecified atom stereocenters. The van der Waals surface area contributed by atoms with Gasteiger partial charge < -0.3 is 5.32 Å². The first-order chi connectivity index (χ1) is 8.33. The molecule has 1 rings (SSSR count). The van der Waals surface area contributed by atoms with Crippen molar-refractivity contribution in [3.8, 4) is 0 Å². The van der Waals surface area contributed by atoms with Gasteiger partial charge in [0.15, 0.2) is 0 Å². The number of hydrogen-bond donors (Lipinski definition) is 2. The van der Waals surface area contributed by atoms with Crippen LogP contribution in [0.25, 0.3) is 0 Å². The zero-order valence-electron chi connectivity index (χ0n) is 9.54. The van der Waals surface area contributed by atoms with Gasteiger partial charge in [0.05, 0.1) is 0 Å². The van der Waals surface area contributed by atoms with Gasteiger partial charge in [0, 0.05) is 25.0 Å². The second-order valence-electron chi connectivity index (χ2n) is 3.46. The van der Waals surface area contributed by atoms with Crippen molar-refractivity contribution in [3.63, 3.8) is 0 Å². The molecule has 1 aromatic carbocycles. The van der Waals surface area contributed by atoms with E-state index in [4.69, 9.17) is 11.6 Å². The standard InChI is InChI=1S/C10H12ClFN2O3S/c1-7(15)13-4-5-14-18(16,17)10-3-2-8(11)6-9(10)12/h2-3,6,14H,4-5H2,1H3,(H,13,15). The van der Waals surface area contributed by atoms with E-state index in [1.165, 1.54) is 13.0 Å². The van der Waals surface area contributed by atoms with Crippen LogP contribution in [-0.4, -0.2) is 27.4 Å². The van der Waals surface area contributed by atoms with Gasteiger partial charge in [-0.2, -0.15) is 0 Å². The van der Waals surface area contributed by atoms with Crippen molar-refractivity contribution >= 4 is 27.5 Å². The van der Waals surface area contributed by atoms with E-state index in [9.17, 15) is 17.6 Å². The van der Waals surface area contributed by atoms with Gasteiger partial charge in [-0.25, -0.2) is 17.5 Å². The first kappa shape index (κ1) is 14.9. The number of rotatable bonds is 5. The molecular weight excluding hydrogens is 283 g/mol. The Kier molecular flexibility index (Phi) is 5.06. The molecule has 0 aromatic heterocycles. The molecule has 0 aliphatic carbocycles. The van der Waals surface area contributed by atoms with Crippen molar-refractivity contribution < 1.29 is 17.6 Å². The van der Waals surface area contributed by atoms with Crippen LogP contribution >= 0.6 is 11.6 Å². The Bertz CT molecular complexity index is 548. The SMILES string of the molecule is CC(=O)NCCNS(=O)(=O)c1ccc(Cl)cc1F. The summed E-state index contributed by atoms with van der Waals surface area (Å²) in [4.78, 5) is 10.1. The molecule has 1 aromatic rings. The Balaban J connectivity index is 2.71. The van der Waals surface area contributed by atoms with Crippen LogP contribution < -0.4 is 10.0 Å². The van der Waals surface area contributed by atoms with Gasteiger partial charge in [0.1, 0.15) is 10.7 Å². The molecule has 0 aliphatic rings. The predicted molar refractivity (Wildman–Crippen MR) is 65.3 cm³/mol. The van der Waals surface area contributed by atoms with Crippen LogP contribution in [0.15, 0.2) is 23.1 Å². The maximum absolute atomic E-state index is 13.4. The average Bonchev–Trinajstić information content (AvgIpc) is 2.23. The second-order valence-corrected chi connectivity index (χ2v) is 5.63. The van der Waals surface area contributed by atoms with E-state index in [-0.39, 0.29) is 24.0 Å².